The molecule has 0 unspecified atom stereocenters. The fourth-order valence-corrected chi connectivity index (χ4v) is 3.87. The fourth-order valence-electron chi connectivity index (χ4n) is 3.17. The van der Waals surface area contributed by atoms with E-state index in [9.17, 15) is 9.59 Å². The van der Waals surface area contributed by atoms with Crippen LogP contribution in [0.5, 0.6) is 0 Å². The molecule has 2 N–H and O–H groups in total. The molecule has 1 aromatic carbocycles. The summed E-state index contributed by atoms with van der Waals surface area (Å²) < 4.78 is 0. The lowest BCUT2D eigenvalue weighted by molar-refractivity contribution is -0.134. The van der Waals surface area contributed by atoms with Crippen molar-refractivity contribution in [3.63, 3.8) is 0 Å². The van der Waals surface area contributed by atoms with Crippen molar-refractivity contribution in [1.29, 1.82) is 0 Å². The highest BCUT2D eigenvalue weighted by Gasteiger charge is 2.31. The predicted molar refractivity (Wildman–Crippen MR) is 111 cm³/mol. The first-order chi connectivity index (χ1) is 13.5. The van der Waals surface area contributed by atoms with E-state index in [1.54, 1.807) is 17.5 Å². The highest BCUT2D eigenvalue weighted by molar-refractivity contribution is 7.13. The third-order valence-corrected chi connectivity index (χ3v) is 5.63. The molecule has 0 radical (unpaired) electrons. The van der Waals surface area contributed by atoms with Crippen molar-refractivity contribution in [3.05, 3.63) is 47.5 Å². The third-order valence-electron chi connectivity index (χ3n) is 4.80. The Kier molecular flexibility index (Phi) is 6.86. The summed E-state index contributed by atoms with van der Waals surface area (Å²) in [7, 11) is 0. The van der Waals surface area contributed by atoms with Crippen LogP contribution in [0.15, 0.2) is 41.9 Å². The molecule has 150 valence electrons. The number of hydrogen-bond acceptors (Lipinski definition) is 5. The molecule has 1 fully saturated rings. The maximum atomic E-state index is 13.0. The average molecular weight is 402 g/mol. The van der Waals surface area contributed by atoms with Crippen LogP contribution in [0.1, 0.15) is 19.4 Å². The van der Waals surface area contributed by atoms with Crippen molar-refractivity contribution >= 4 is 28.4 Å². The van der Waals surface area contributed by atoms with Gasteiger partial charge in [0.05, 0.1) is 0 Å². The summed E-state index contributed by atoms with van der Waals surface area (Å²) in [5.74, 6) is -0.0179. The second-order valence-corrected chi connectivity index (χ2v) is 8.03. The number of rotatable bonds is 6. The van der Waals surface area contributed by atoms with Gasteiger partial charge in [-0.15, -0.1) is 11.3 Å². The van der Waals surface area contributed by atoms with Crippen LogP contribution in [-0.4, -0.2) is 54.0 Å². The molecule has 0 aliphatic carbocycles. The minimum Gasteiger partial charge on any atom is -0.345 e. The van der Waals surface area contributed by atoms with Gasteiger partial charge in [0.1, 0.15) is 6.04 Å². The second-order valence-electron chi connectivity index (χ2n) is 7.16. The molecule has 2 aromatic rings. The smallest absolute Gasteiger partial charge is 0.315 e. The molecule has 0 spiro atoms. The lowest BCUT2D eigenvalue weighted by atomic mass is 10.0. The van der Waals surface area contributed by atoms with Crippen LogP contribution >= 0.6 is 11.3 Å². The minimum atomic E-state index is -0.540. The summed E-state index contributed by atoms with van der Waals surface area (Å²) in [5, 5.41) is 8.64. The monoisotopic (exact) mass is 401 g/mol. The minimum absolute atomic E-state index is 0.00645. The number of carbonyl (C=O) groups is 2. The number of nitrogens with one attached hydrogen (secondary N) is 2. The van der Waals surface area contributed by atoms with Gasteiger partial charge in [-0.3, -0.25) is 4.79 Å². The number of anilines is 1. The van der Waals surface area contributed by atoms with E-state index in [2.05, 4.69) is 20.5 Å². The Morgan fingerprint density at radius 3 is 2.46 bits per heavy atom. The van der Waals surface area contributed by atoms with Gasteiger partial charge in [0.25, 0.3) is 0 Å². The summed E-state index contributed by atoms with van der Waals surface area (Å²) in [4.78, 5) is 33.7. The van der Waals surface area contributed by atoms with Crippen molar-refractivity contribution < 1.29 is 9.59 Å². The molecule has 1 saturated heterocycles. The second kappa shape index (κ2) is 9.54. The van der Waals surface area contributed by atoms with Crippen molar-refractivity contribution in [2.45, 2.75) is 26.4 Å². The van der Waals surface area contributed by atoms with Gasteiger partial charge in [-0.2, -0.15) is 0 Å². The van der Waals surface area contributed by atoms with Gasteiger partial charge in [-0.05, 0) is 11.5 Å². The summed E-state index contributed by atoms with van der Waals surface area (Å²) in [6.45, 7) is 7.11. The molecule has 3 amide bonds. The van der Waals surface area contributed by atoms with E-state index < -0.39 is 6.04 Å². The van der Waals surface area contributed by atoms with Crippen molar-refractivity contribution in [2.75, 3.05) is 31.1 Å². The van der Waals surface area contributed by atoms with E-state index in [-0.39, 0.29) is 17.9 Å². The Morgan fingerprint density at radius 2 is 1.86 bits per heavy atom. The zero-order chi connectivity index (χ0) is 19.9. The highest BCUT2D eigenvalue weighted by atomic mass is 32.1. The maximum absolute atomic E-state index is 13.0. The molecular weight excluding hydrogens is 374 g/mol. The Bertz CT molecular complexity index is 758. The Balaban J connectivity index is 1.51. The number of piperazine rings is 1. The highest BCUT2D eigenvalue weighted by Crippen LogP contribution is 2.19. The van der Waals surface area contributed by atoms with E-state index >= 15 is 0 Å². The average Bonchev–Trinajstić information content (AvgIpc) is 3.25. The van der Waals surface area contributed by atoms with Crippen LogP contribution < -0.4 is 15.5 Å². The number of benzene rings is 1. The molecule has 0 bridgehead atoms. The van der Waals surface area contributed by atoms with Crippen LogP contribution in [-0.2, 0) is 11.3 Å². The van der Waals surface area contributed by atoms with Gasteiger partial charge in [-0.25, -0.2) is 9.78 Å². The van der Waals surface area contributed by atoms with Crippen LogP contribution in [0.3, 0.4) is 0 Å². The van der Waals surface area contributed by atoms with Gasteiger partial charge in [-0.1, -0.05) is 44.2 Å². The number of thiazole rings is 1. The summed E-state index contributed by atoms with van der Waals surface area (Å²) in [6, 6.07) is 8.84. The lowest BCUT2D eigenvalue weighted by Crippen LogP contribution is -2.57. The SMILES string of the molecule is CC(C)[C@@H](NC(=O)NCc1ccccc1)C(=O)N1CCN(c2nccs2)CC1. The van der Waals surface area contributed by atoms with E-state index in [0.29, 0.717) is 19.6 Å². The fraction of sp³-hybridized carbons (Fsp3) is 0.450. The molecule has 1 aromatic heterocycles. The molecule has 1 aliphatic heterocycles. The van der Waals surface area contributed by atoms with Gasteiger partial charge in [0.2, 0.25) is 5.91 Å². The summed E-state index contributed by atoms with van der Waals surface area (Å²) in [6.07, 6.45) is 1.80. The first-order valence-corrected chi connectivity index (χ1v) is 10.4. The van der Waals surface area contributed by atoms with Gasteiger partial charge in [0, 0.05) is 44.3 Å². The van der Waals surface area contributed by atoms with E-state index in [1.807, 2.05) is 54.5 Å². The zero-order valence-corrected chi connectivity index (χ0v) is 17.1. The molecule has 1 aliphatic rings. The van der Waals surface area contributed by atoms with Gasteiger partial charge < -0.3 is 20.4 Å². The zero-order valence-electron chi connectivity index (χ0n) is 16.3. The van der Waals surface area contributed by atoms with Crippen LogP contribution in [0, 0.1) is 5.92 Å². The normalized spacial score (nSPS) is 15.4. The van der Waals surface area contributed by atoms with Crippen molar-refractivity contribution in [3.8, 4) is 0 Å². The maximum Gasteiger partial charge on any atom is 0.315 e. The molecule has 8 heteroatoms. The molecule has 2 heterocycles. The largest absolute Gasteiger partial charge is 0.345 e. The van der Waals surface area contributed by atoms with E-state index in [1.165, 1.54) is 0 Å². The van der Waals surface area contributed by atoms with E-state index in [0.717, 1.165) is 23.8 Å². The first kappa shape index (κ1) is 20.1. The summed E-state index contributed by atoms with van der Waals surface area (Å²) in [5.41, 5.74) is 1.02. The van der Waals surface area contributed by atoms with Crippen LogP contribution in [0.25, 0.3) is 0 Å². The quantitative estimate of drug-likeness (QED) is 0.779. The Hall–Kier alpha value is -2.61. The van der Waals surface area contributed by atoms with Gasteiger partial charge in [0.15, 0.2) is 5.13 Å². The number of nitrogens with zero attached hydrogens (tertiary/aromatic N) is 3. The molecule has 3 rings (SSSR count). The molecular formula is C20H27N5O2S. The third kappa shape index (κ3) is 5.22. The number of aromatic nitrogens is 1. The van der Waals surface area contributed by atoms with Crippen LogP contribution in [0.4, 0.5) is 9.93 Å². The van der Waals surface area contributed by atoms with Crippen molar-refractivity contribution in [2.24, 2.45) is 5.92 Å². The summed E-state index contributed by atoms with van der Waals surface area (Å²) >= 11 is 1.61. The lowest BCUT2D eigenvalue weighted by Gasteiger charge is -2.37. The topological polar surface area (TPSA) is 77.6 Å². The van der Waals surface area contributed by atoms with E-state index in [4.69, 9.17) is 0 Å². The Morgan fingerprint density at radius 1 is 1.14 bits per heavy atom. The molecule has 1 atom stereocenters. The van der Waals surface area contributed by atoms with Gasteiger partial charge >= 0.3 is 6.03 Å². The number of carbonyl (C=O) groups excluding carboxylic acids is 2. The van der Waals surface area contributed by atoms with Crippen molar-refractivity contribution in [1.82, 2.24) is 20.5 Å². The number of hydrogen-bond donors (Lipinski definition) is 2. The predicted octanol–water partition coefficient (Wildman–Crippen LogP) is 2.32. The Labute approximate surface area is 169 Å². The molecule has 28 heavy (non-hydrogen) atoms. The number of urea groups is 1. The standard InChI is InChI=1S/C20H27N5O2S/c1-15(2)17(23-19(27)22-14-16-6-4-3-5-7-16)18(26)24-9-11-25(12-10-24)20-21-8-13-28-20/h3-8,13,15,17H,9-12,14H2,1-2H3,(H2,22,23,27)/t17-/m1/s1. The number of amides is 3. The van der Waals surface area contributed by atoms with Crippen LogP contribution in [0.2, 0.25) is 0 Å². The molecule has 7 nitrogen and oxygen atoms in total. The molecule has 0 saturated carbocycles. The first-order valence-electron chi connectivity index (χ1n) is 9.56.